The number of nitrogens with zero attached hydrogens (tertiary/aromatic N) is 2. The summed E-state index contributed by atoms with van der Waals surface area (Å²) in [7, 11) is -3.93. The Morgan fingerprint density at radius 2 is 1.67 bits per heavy atom. The van der Waals surface area contributed by atoms with Gasteiger partial charge in [0.05, 0.1) is 18.1 Å². The van der Waals surface area contributed by atoms with Gasteiger partial charge < -0.3 is 19.7 Å². The predicted molar refractivity (Wildman–Crippen MR) is 161 cm³/mol. The van der Waals surface area contributed by atoms with Crippen LogP contribution in [0, 0.1) is 5.82 Å². The molecule has 0 unspecified atom stereocenters. The molecule has 0 aliphatic carbocycles. The summed E-state index contributed by atoms with van der Waals surface area (Å²) in [4.78, 5) is 30.0. The second-order valence-corrected chi connectivity index (χ2v) is 12.1. The Kier molecular flexibility index (Phi) is 11.3. The first kappa shape index (κ1) is 32.2. The summed E-state index contributed by atoms with van der Waals surface area (Å²) in [5.74, 6) is -0.938. The maximum absolute atomic E-state index is 13.3. The highest BCUT2D eigenvalue weighted by atomic mass is 35.5. The zero-order chi connectivity index (χ0) is 30.8. The van der Waals surface area contributed by atoms with E-state index < -0.39 is 27.8 Å². The minimum Gasteiger partial charge on any atom is -0.484 e. The van der Waals surface area contributed by atoms with E-state index in [1.165, 1.54) is 41.3 Å². The topological polar surface area (TPSA) is 117 Å². The van der Waals surface area contributed by atoms with Crippen LogP contribution in [0.4, 0.5) is 10.1 Å². The molecule has 2 N–H and O–H groups in total. The molecule has 1 aliphatic rings. The van der Waals surface area contributed by atoms with Crippen molar-refractivity contribution in [2.45, 2.75) is 24.4 Å². The Morgan fingerprint density at radius 3 is 2.33 bits per heavy atom. The van der Waals surface area contributed by atoms with Gasteiger partial charge in [-0.3, -0.25) is 19.2 Å². The van der Waals surface area contributed by atoms with Gasteiger partial charge in [0.1, 0.15) is 17.6 Å². The van der Waals surface area contributed by atoms with Gasteiger partial charge in [-0.1, -0.05) is 23.7 Å². The van der Waals surface area contributed by atoms with Crippen LogP contribution in [0.25, 0.3) is 0 Å². The fourth-order valence-corrected chi connectivity index (χ4v) is 5.54. The lowest BCUT2D eigenvalue weighted by atomic mass is 10.1. The van der Waals surface area contributed by atoms with Gasteiger partial charge in [0, 0.05) is 43.4 Å². The van der Waals surface area contributed by atoms with Crippen LogP contribution in [-0.2, 0) is 30.9 Å². The monoisotopic (exact) mass is 632 g/mol. The van der Waals surface area contributed by atoms with E-state index in [9.17, 15) is 22.4 Å². The number of amides is 2. The second kappa shape index (κ2) is 15.1. The van der Waals surface area contributed by atoms with E-state index >= 15 is 0 Å². The number of benzene rings is 3. The SMILES string of the molecule is C[C@H](C(=O)NCCN1CCOCC1)N(Cc1ccc(Cl)cc1)C(=O)COc1ccc(S(=O)(=O)Nc2ccc(F)cc2)cc1. The van der Waals surface area contributed by atoms with Crippen LogP contribution in [0.1, 0.15) is 12.5 Å². The Balaban J connectivity index is 1.37. The van der Waals surface area contributed by atoms with E-state index in [-0.39, 0.29) is 35.4 Å². The normalized spacial score (nSPS) is 14.5. The summed E-state index contributed by atoms with van der Waals surface area (Å²) in [6, 6.07) is 16.7. The van der Waals surface area contributed by atoms with Crippen molar-refractivity contribution in [3.05, 3.63) is 89.2 Å². The van der Waals surface area contributed by atoms with E-state index in [1.807, 2.05) is 0 Å². The second-order valence-electron chi connectivity index (χ2n) is 9.94. The molecule has 0 saturated carbocycles. The molecule has 0 radical (unpaired) electrons. The first-order chi connectivity index (χ1) is 20.6. The van der Waals surface area contributed by atoms with Gasteiger partial charge in [0.2, 0.25) is 5.91 Å². The number of anilines is 1. The average molecular weight is 633 g/mol. The Bertz CT molecular complexity index is 1470. The molecule has 10 nitrogen and oxygen atoms in total. The van der Waals surface area contributed by atoms with Crippen molar-refractivity contribution in [3.63, 3.8) is 0 Å². The molecule has 3 aromatic rings. The number of sulfonamides is 1. The third-order valence-corrected chi connectivity index (χ3v) is 8.51. The van der Waals surface area contributed by atoms with Gasteiger partial charge in [0.15, 0.2) is 6.61 Å². The molecule has 230 valence electrons. The number of hydrogen-bond donors (Lipinski definition) is 2. The molecule has 1 saturated heterocycles. The lowest BCUT2D eigenvalue weighted by molar-refractivity contribution is -0.142. The fraction of sp³-hybridized carbons (Fsp3) is 0.333. The van der Waals surface area contributed by atoms with E-state index in [0.29, 0.717) is 31.3 Å². The molecule has 3 aromatic carbocycles. The molecule has 1 fully saturated rings. The van der Waals surface area contributed by atoms with Gasteiger partial charge in [-0.25, -0.2) is 12.8 Å². The quantitative estimate of drug-likeness (QED) is 0.296. The van der Waals surface area contributed by atoms with Crippen LogP contribution in [0.5, 0.6) is 5.75 Å². The smallest absolute Gasteiger partial charge is 0.261 e. The predicted octanol–water partition coefficient (Wildman–Crippen LogP) is 3.52. The molecule has 1 aliphatic heterocycles. The third kappa shape index (κ3) is 9.65. The van der Waals surface area contributed by atoms with Crippen molar-refractivity contribution >= 4 is 39.1 Å². The van der Waals surface area contributed by atoms with Crippen LogP contribution in [-0.4, -0.2) is 82.1 Å². The van der Waals surface area contributed by atoms with E-state index in [4.69, 9.17) is 21.1 Å². The number of carbonyl (C=O) groups excluding carboxylic acids is 2. The van der Waals surface area contributed by atoms with E-state index in [1.54, 1.807) is 31.2 Å². The molecular weight excluding hydrogens is 599 g/mol. The Morgan fingerprint density at radius 1 is 1.02 bits per heavy atom. The summed E-state index contributed by atoms with van der Waals surface area (Å²) in [5, 5.41) is 3.47. The molecule has 2 amide bonds. The van der Waals surface area contributed by atoms with Crippen molar-refractivity contribution < 1.29 is 31.9 Å². The number of halogens is 2. The first-order valence-electron chi connectivity index (χ1n) is 13.7. The van der Waals surface area contributed by atoms with Gasteiger partial charge in [-0.05, 0) is 73.2 Å². The fourth-order valence-electron chi connectivity index (χ4n) is 4.35. The number of nitrogens with one attached hydrogen (secondary N) is 2. The lowest BCUT2D eigenvalue weighted by Gasteiger charge is -2.30. The summed E-state index contributed by atoms with van der Waals surface area (Å²) in [6.45, 7) is 5.50. The standard InChI is InChI=1S/C30H34ClFN4O6S/c1-22(30(38)33-14-15-35-16-18-41-19-17-35)36(20-23-2-4-24(31)5-3-23)29(37)21-42-27-10-12-28(13-11-27)43(39,40)34-26-8-6-25(32)7-9-26/h2-13,22,34H,14-21H2,1H3,(H,33,38)/t22-/m1/s1. The molecule has 0 spiro atoms. The number of rotatable bonds is 13. The van der Waals surface area contributed by atoms with Crippen LogP contribution < -0.4 is 14.8 Å². The first-order valence-corrected chi connectivity index (χ1v) is 15.6. The maximum Gasteiger partial charge on any atom is 0.261 e. The highest BCUT2D eigenvalue weighted by Gasteiger charge is 2.27. The molecule has 1 atom stereocenters. The zero-order valence-corrected chi connectivity index (χ0v) is 25.2. The van der Waals surface area contributed by atoms with Crippen LogP contribution in [0.3, 0.4) is 0 Å². The number of morpholine rings is 1. The van der Waals surface area contributed by atoms with Crippen LogP contribution >= 0.6 is 11.6 Å². The van der Waals surface area contributed by atoms with Crippen molar-refractivity contribution in [2.75, 3.05) is 50.7 Å². The van der Waals surface area contributed by atoms with Gasteiger partial charge >= 0.3 is 0 Å². The van der Waals surface area contributed by atoms with Gasteiger partial charge in [0.25, 0.3) is 15.9 Å². The molecule has 1 heterocycles. The van der Waals surface area contributed by atoms with Gasteiger partial charge in [-0.15, -0.1) is 0 Å². The van der Waals surface area contributed by atoms with E-state index in [0.717, 1.165) is 30.8 Å². The molecule has 0 aromatic heterocycles. The van der Waals surface area contributed by atoms with Crippen LogP contribution in [0.2, 0.25) is 5.02 Å². The number of carbonyl (C=O) groups is 2. The molecular formula is C30H34ClFN4O6S. The van der Waals surface area contributed by atoms with E-state index in [2.05, 4.69) is 14.9 Å². The summed E-state index contributed by atoms with van der Waals surface area (Å²) >= 11 is 6.02. The lowest BCUT2D eigenvalue weighted by Crippen LogP contribution is -2.50. The molecule has 4 rings (SSSR count). The number of hydrogen-bond acceptors (Lipinski definition) is 7. The number of ether oxygens (including phenoxy) is 2. The minimum absolute atomic E-state index is 0.0396. The van der Waals surface area contributed by atoms with Crippen molar-refractivity contribution in [2.24, 2.45) is 0 Å². The van der Waals surface area contributed by atoms with Crippen molar-refractivity contribution in [1.82, 2.24) is 15.1 Å². The van der Waals surface area contributed by atoms with Crippen LogP contribution in [0.15, 0.2) is 77.7 Å². The maximum atomic E-state index is 13.3. The van der Waals surface area contributed by atoms with Crippen molar-refractivity contribution in [3.8, 4) is 5.75 Å². The summed E-state index contributed by atoms with van der Waals surface area (Å²) in [6.07, 6.45) is 0. The minimum atomic E-state index is -3.93. The summed E-state index contributed by atoms with van der Waals surface area (Å²) in [5.41, 5.74) is 1.00. The summed E-state index contributed by atoms with van der Waals surface area (Å²) < 4.78 is 51.9. The molecule has 43 heavy (non-hydrogen) atoms. The van der Waals surface area contributed by atoms with Crippen molar-refractivity contribution in [1.29, 1.82) is 0 Å². The Labute approximate surface area is 255 Å². The zero-order valence-electron chi connectivity index (χ0n) is 23.7. The average Bonchev–Trinajstić information content (AvgIpc) is 3.01. The molecule has 13 heteroatoms. The third-order valence-electron chi connectivity index (χ3n) is 6.86. The highest BCUT2D eigenvalue weighted by Crippen LogP contribution is 2.20. The van der Waals surface area contributed by atoms with Gasteiger partial charge in [-0.2, -0.15) is 0 Å². The largest absolute Gasteiger partial charge is 0.484 e. The molecule has 0 bridgehead atoms. The Hall–Kier alpha value is -3.71. The highest BCUT2D eigenvalue weighted by molar-refractivity contribution is 7.92.